The van der Waals surface area contributed by atoms with E-state index in [0.717, 1.165) is 11.3 Å². The van der Waals surface area contributed by atoms with Gasteiger partial charge in [0.15, 0.2) is 5.49 Å². The molecular weight excluding hydrogens is 657 g/mol. The molecule has 264 valence electrons. The topological polar surface area (TPSA) is 164 Å². The molecule has 0 unspecified atom stereocenters. The number of amides is 1. The minimum absolute atomic E-state index is 0.0484. The molecule has 4 aromatic rings. The van der Waals surface area contributed by atoms with Crippen molar-refractivity contribution in [1.82, 2.24) is 14.6 Å². The van der Waals surface area contributed by atoms with E-state index in [9.17, 15) is 9.36 Å². The smallest absolute Gasteiger partial charge is 0.457 e. The van der Waals surface area contributed by atoms with Crippen molar-refractivity contribution in [3.8, 4) is 23.3 Å². The standard InChI is InChI=1S/C36H44N7O6P/c1-9-18-38-32-23-28(17-19-43(32)37)47-31-16-14-26(21-25(31)2)42-34-29-22-27(13-15-30(29)39-24-40-34)41-33(44)12-10-11-20-46-50(45,48-35(3,4)5)49-36(6,7)8/h9,13-19,21-24H,11,20,37H2,1-8H3,(H,41,44)(H,39,40,42)/b18-9+,38-32-. The number of benzene rings is 2. The van der Waals surface area contributed by atoms with Crippen LogP contribution in [0.4, 0.5) is 17.2 Å². The van der Waals surface area contributed by atoms with E-state index in [1.54, 1.807) is 84.3 Å². The summed E-state index contributed by atoms with van der Waals surface area (Å²) in [6, 6.07) is 14.5. The molecule has 4 N–H and O–H groups in total. The lowest BCUT2D eigenvalue weighted by Gasteiger charge is -2.30. The SMILES string of the molecule is C/C=C/N=c1/cc(Oc2ccc(Nc3ncnc4ccc(NC(=O)C#CCCOP(=O)(OC(C)(C)C)OC(C)(C)C)cc34)cc2C)ccn1N. The van der Waals surface area contributed by atoms with E-state index >= 15 is 0 Å². The van der Waals surface area contributed by atoms with Crippen LogP contribution in [-0.4, -0.2) is 38.4 Å². The second kappa shape index (κ2) is 16.1. The lowest BCUT2D eigenvalue weighted by Crippen LogP contribution is -2.26. The first-order chi connectivity index (χ1) is 23.5. The van der Waals surface area contributed by atoms with E-state index in [1.807, 2.05) is 38.1 Å². The number of fused-ring (bicyclic) bond motifs is 1. The van der Waals surface area contributed by atoms with E-state index in [4.69, 9.17) is 24.2 Å². The summed E-state index contributed by atoms with van der Waals surface area (Å²) in [5.74, 6) is 12.5. The van der Waals surface area contributed by atoms with E-state index in [2.05, 4.69) is 37.4 Å². The molecule has 0 aliphatic heterocycles. The fraction of sp³-hybridized carbons (Fsp3) is 0.333. The number of phosphoric ester groups is 1. The van der Waals surface area contributed by atoms with Crippen molar-refractivity contribution >= 4 is 41.8 Å². The van der Waals surface area contributed by atoms with Gasteiger partial charge < -0.3 is 21.2 Å². The summed E-state index contributed by atoms with van der Waals surface area (Å²) in [7, 11) is -3.86. The number of nitrogen functional groups attached to an aromatic ring is 1. The van der Waals surface area contributed by atoms with Gasteiger partial charge in [0, 0.05) is 41.6 Å². The van der Waals surface area contributed by atoms with Crippen LogP contribution in [0.3, 0.4) is 0 Å². The molecule has 0 saturated carbocycles. The zero-order valence-electron chi connectivity index (χ0n) is 29.6. The normalized spacial score (nSPS) is 12.5. The zero-order chi connectivity index (χ0) is 36.5. The number of hydrogen-bond acceptors (Lipinski definition) is 11. The number of pyridine rings is 1. The van der Waals surface area contributed by atoms with Crippen molar-refractivity contribution in [3.63, 3.8) is 0 Å². The molecule has 0 spiro atoms. The Labute approximate surface area is 292 Å². The van der Waals surface area contributed by atoms with Gasteiger partial charge in [0.1, 0.15) is 23.6 Å². The van der Waals surface area contributed by atoms with Crippen molar-refractivity contribution in [1.29, 1.82) is 0 Å². The van der Waals surface area contributed by atoms with Gasteiger partial charge >= 0.3 is 7.82 Å². The molecule has 1 amide bonds. The Bertz CT molecular complexity index is 2030. The summed E-state index contributed by atoms with van der Waals surface area (Å²) in [5.41, 5.74) is 1.89. The highest BCUT2D eigenvalue weighted by Crippen LogP contribution is 2.55. The van der Waals surface area contributed by atoms with Gasteiger partial charge in [0.2, 0.25) is 0 Å². The van der Waals surface area contributed by atoms with Crippen molar-refractivity contribution in [2.75, 3.05) is 23.1 Å². The number of carbonyl (C=O) groups is 1. The first kappa shape index (κ1) is 37.8. The fourth-order valence-electron chi connectivity index (χ4n) is 4.39. The monoisotopic (exact) mass is 701 g/mol. The highest BCUT2D eigenvalue weighted by molar-refractivity contribution is 7.48. The summed E-state index contributed by atoms with van der Waals surface area (Å²) in [5, 5.41) is 6.81. The van der Waals surface area contributed by atoms with E-state index in [0.29, 0.717) is 39.4 Å². The first-order valence-electron chi connectivity index (χ1n) is 15.9. The number of aryl methyl sites for hydroxylation is 1. The van der Waals surface area contributed by atoms with E-state index in [1.165, 1.54) is 11.0 Å². The number of nitrogens with two attached hydrogens (primary N) is 1. The third-order valence-electron chi connectivity index (χ3n) is 6.30. The predicted octanol–water partition coefficient (Wildman–Crippen LogP) is 7.51. The van der Waals surface area contributed by atoms with Gasteiger partial charge in [-0.2, -0.15) is 0 Å². The van der Waals surface area contributed by atoms with Crippen LogP contribution in [-0.2, 0) is 22.9 Å². The predicted molar refractivity (Wildman–Crippen MR) is 195 cm³/mol. The van der Waals surface area contributed by atoms with Gasteiger partial charge in [-0.05, 0) is 109 Å². The molecule has 0 aliphatic rings. The molecule has 14 heteroatoms. The maximum atomic E-state index is 13.2. The average Bonchev–Trinajstić information content (AvgIpc) is 3.00. The molecule has 13 nitrogen and oxygen atoms in total. The Kier molecular flexibility index (Phi) is 12.2. The second-order valence-electron chi connectivity index (χ2n) is 13.1. The number of hydrogen-bond donors (Lipinski definition) is 3. The highest BCUT2D eigenvalue weighted by Gasteiger charge is 2.36. The molecule has 0 fully saturated rings. The lowest BCUT2D eigenvalue weighted by atomic mass is 10.1. The Hall–Kier alpha value is -4.99. The third-order valence-corrected chi connectivity index (χ3v) is 8.34. The van der Waals surface area contributed by atoms with Gasteiger partial charge in [-0.15, -0.1) is 0 Å². The third kappa shape index (κ3) is 11.6. The number of nitrogens with one attached hydrogen (secondary N) is 2. The maximum Gasteiger partial charge on any atom is 0.475 e. The van der Waals surface area contributed by atoms with Crippen LogP contribution >= 0.6 is 7.82 Å². The van der Waals surface area contributed by atoms with Crippen LogP contribution in [0.25, 0.3) is 10.9 Å². The Morgan fingerprint density at radius 3 is 2.42 bits per heavy atom. The van der Waals surface area contributed by atoms with E-state index in [-0.39, 0.29) is 13.0 Å². The Morgan fingerprint density at radius 1 is 1.02 bits per heavy atom. The number of aromatic nitrogens is 3. The van der Waals surface area contributed by atoms with Crippen molar-refractivity contribution in [2.45, 2.75) is 73.0 Å². The summed E-state index contributed by atoms with van der Waals surface area (Å²) < 4.78 is 37.4. The molecule has 50 heavy (non-hydrogen) atoms. The number of rotatable bonds is 11. The molecule has 2 heterocycles. The minimum atomic E-state index is -3.86. The first-order valence-corrected chi connectivity index (χ1v) is 17.4. The van der Waals surface area contributed by atoms with Gasteiger partial charge in [0.05, 0.1) is 23.3 Å². The van der Waals surface area contributed by atoms with Crippen molar-refractivity contribution < 1.29 is 27.7 Å². The molecule has 2 aromatic carbocycles. The molecule has 2 aromatic heterocycles. The van der Waals surface area contributed by atoms with Gasteiger partial charge in [0.25, 0.3) is 5.91 Å². The number of nitrogens with zero attached hydrogens (tertiary/aromatic N) is 4. The van der Waals surface area contributed by atoms with Crippen molar-refractivity contribution in [2.24, 2.45) is 4.99 Å². The summed E-state index contributed by atoms with van der Waals surface area (Å²) in [6.07, 6.45) is 6.75. The molecule has 0 saturated heterocycles. The average molecular weight is 702 g/mol. The number of ether oxygens (including phenoxy) is 1. The van der Waals surface area contributed by atoms with Crippen molar-refractivity contribution in [3.05, 3.63) is 84.4 Å². The quantitative estimate of drug-likeness (QED) is 0.0617. The molecule has 4 rings (SSSR count). The summed E-state index contributed by atoms with van der Waals surface area (Å²) in [6.45, 7) is 14.3. The van der Waals surface area contributed by atoms with Crippen LogP contribution in [0.15, 0.2) is 78.3 Å². The zero-order valence-corrected chi connectivity index (χ0v) is 30.5. The number of allylic oxidation sites excluding steroid dienone is 1. The fourth-order valence-corrected chi connectivity index (χ4v) is 6.19. The molecule has 0 radical (unpaired) electrons. The highest BCUT2D eigenvalue weighted by atomic mass is 31.2. The largest absolute Gasteiger partial charge is 0.475 e. The van der Waals surface area contributed by atoms with Crippen LogP contribution < -0.4 is 26.7 Å². The van der Waals surface area contributed by atoms with Gasteiger partial charge in [-0.1, -0.05) is 12.0 Å². The van der Waals surface area contributed by atoms with Crippen LogP contribution in [0, 0.1) is 18.8 Å². The maximum absolute atomic E-state index is 13.2. The number of carbonyl (C=O) groups excluding carboxylic acids is 1. The lowest BCUT2D eigenvalue weighted by molar-refractivity contribution is -0.111. The minimum Gasteiger partial charge on any atom is -0.457 e. The van der Waals surface area contributed by atoms with Crippen LogP contribution in [0.5, 0.6) is 11.5 Å². The summed E-state index contributed by atoms with van der Waals surface area (Å²) >= 11 is 0. The second-order valence-corrected chi connectivity index (χ2v) is 14.6. The van der Waals surface area contributed by atoms with Crippen LogP contribution in [0.1, 0.15) is 60.5 Å². The Balaban J connectivity index is 1.41. The number of phosphoric acid groups is 1. The Morgan fingerprint density at radius 2 is 1.74 bits per heavy atom. The molecular formula is C36H44N7O6P. The van der Waals surface area contributed by atoms with Gasteiger partial charge in [-0.3, -0.25) is 23.0 Å². The number of anilines is 3. The molecule has 0 aliphatic carbocycles. The van der Waals surface area contributed by atoms with E-state index < -0.39 is 24.9 Å². The molecule has 0 atom stereocenters. The van der Waals surface area contributed by atoms with Crippen LogP contribution in [0.2, 0.25) is 0 Å². The molecule has 0 bridgehead atoms. The summed E-state index contributed by atoms with van der Waals surface area (Å²) in [4.78, 5) is 25.7. The van der Waals surface area contributed by atoms with Gasteiger partial charge in [-0.25, -0.2) is 19.5 Å².